The maximum atomic E-state index is 6.27. The Bertz CT molecular complexity index is 413. The quantitative estimate of drug-likeness (QED) is 0.823. The van der Waals surface area contributed by atoms with E-state index in [1.807, 2.05) is 12.4 Å². The number of nitrogens with one attached hydrogen (secondary N) is 1. The lowest BCUT2D eigenvalue weighted by Gasteiger charge is -2.39. The third kappa shape index (κ3) is 3.21. The largest absolute Gasteiger partial charge is 0.373 e. The van der Waals surface area contributed by atoms with E-state index in [4.69, 9.17) is 4.74 Å². The molecule has 112 valence electrons. The minimum atomic E-state index is -0.0439. The molecule has 1 saturated carbocycles. The summed E-state index contributed by atoms with van der Waals surface area (Å²) in [5.41, 5.74) is 2.56. The molecule has 1 fully saturated rings. The van der Waals surface area contributed by atoms with Gasteiger partial charge in [0.1, 0.15) is 0 Å². The van der Waals surface area contributed by atoms with Crippen LogP contribution in [-0.4, -0.2) is 23.7 Å². The van der Waals surface area contributed by atoms with Crippen molar-refractivity contribution in [3.8, 4) is 0 Å². The highest BCUT2D eigenvalue weighted by Gasteiger charge is 2.43. The van der Waals surface area contributed by atoms with E-state index in [2.05, 4.69) is 37.1 Å². The molecule has 3 heteroatoms. The molecule has 0 radical (unpaired) electrons. The number of aryl methyl sites for hydroxylation is 1. The first-order valence-electron chi connectivity index (χ1n) is 8.01. The van der Waals surface area contributed by atoms with Crippen LogP contribution < -0.4 is 5.32 Å². The normalized spacial score (nSPS) is 19.1. The summed E-state index contributed by atoms with van der Waals surface area (Å²) in [5, 5.41) is 3.73. The first kappa shape index (κ1) is 15.5. The van der Waals surface area contributed by atoms with Gasteiger partial charge in [0.2, 0.25) is 0 Å². The van der Waals surface area contributed by atoms with Gasteiger partial charge in [0.05, 0.1) is 11.6 Å². The zero-order valence-electron chi connectivity index (χ0n) is 13.1. The molecule has 1 N–H and O–H groups in total. The van der Waals surface area contributed by atoms with Gasteiger partial charge >= 0.3 is 0 Å². The van der Waals surface area contributed by atoms with Crippen LogP contribution in [-0.2, 0) is 4.74 Å². The topological polar surface area (TPSA) is 34.2 Å². The summed E-state index contributed by atoms with van der Waals surface area (Å²) in [4.78, 5) is 4.34. The average molecular weight is 276 g/mol. The van der Waals surface area contributed by atoms with E-state index in [-0.39, 0.29) is 11.6 Å². The number of ether oxygens (including phenoxy) is 1. The van der Waals surface area contributed by atoms with Crippen molar-refractivity contribution >= 4 is 0 Å². The molecule has 1 aliphatic rings. The standard InChI is InChI=1S/C17H28N2O/c1-4-11-19-16(15-13-18-12-8-14(15)3)17(20-5-2)9-6-7-10-17/h8,12-13,16,19H,4-7,9-11H2,1-3H3. The Balaban J connectivity index is 2.33. The lowest BCUT2D eigenvalue weighted by atomic mass is 9.85. The molecule has 1 heterocycles. The molecule has 3 nitrogen and oxygen atoms in total. The van der Waals surface area contributed by atoms with Gasteiger partial charge in [0, 0.05) is 19.0 Å². The fourth-order valence-corrected chi connectivity index (χ4v) is 3.42. The van der Waals surface area contributed by atoms with E-state index < -0.39 is 0 Å². The Labute approximate surface area is 123 Å². The first-order valence-corrected chi connectivity index (χ1v) is 8.01. The third-order valence-corrected chi connectivity index (χ3v) is 4.40. The molecule has 0 aromatic carbocycles. The predicted octanol–water partition coefficient (Wildman–Crippen LogP) is 3.78. The average Bonchev–Trinajstić information content (AvgIpc) is 2.91. The van der Waals surface area contributed by atoms with Crippen molar-refractivity contribution < 1.29 is 4.74 Å². The molecule has 1 aromatic rings. The minimum absolute atomic E-state index is 0.0439. The van der Waals surface area contributed by atoms with Gasteiger partial charge in [-0.15, -0.1) is 0 Å². The summed E-state index contributed by atoms with van der Waals surface area (Å²) in [5.74, 6) is 0. The monoisotopic (exact) mass is 276 g/mol. The van der Waals surface area contributed by atoms with Crippen molar-refractivity contribution in [1.29, 1.82) is 0 Å². The lowest BCUT2D eigenvalue weighted by Crippen LogP contribution is -2.45. The second kappa shape index (κ2) is 7.19. The van der Waals surface area contributed by atoms with Gasteiger partial charge in [-0.3, -0.25) is 4.98 Å². The fourth-order valence-electron chi connectivity index (χ4n) is 3.42. The molecule has 2 rings (SSSR count). The number of hydrogen-bond acceptors (Lipinski definition) is 3. The third-order valence-electron chi connectivity index (χ3n) is 4.40. The molecule has 20 heavy (non-hydrogen) atoms. The van der Waals surface area contributed by atoms with Crippen molar-refractivity contribution in [3.05, 3.63) is 29.6 Å². The SMILES string of the molecule is CCCNC(c1cnccc1C)C1(OCC)CCCC1. The van der Waals surface area contributed by atoms with Crippen LogP contribution in [0, 0.1) is 6.92 Å². The predicted molar refractivity (Wildman–Crippen MR) is 82.8 cm³/mol. The van der Waals surface area contributed by atoms with Crippen LogP contribution in [0.2, 0.25) is 0 Å². The Kier molecular flexibility index (Phi) is 5.55. The summed E-state index contributed by atoms with van der Waals surface area (Å²) >= 11 is 0. The Morgan fingerprint density at radius 1 is 1.35 bits per heavy atom. The highest BCUT2D eigenvalue weighted by Crippen LogP contribution is 2.43. The van der Waals surface area contributed by atoms with Crippen molar-refractivity contribution in [2.24, 2.45) is 0 Å². The van der Waals surface area contributed by atoms with Crippen LogP contribution in [0.15, 0.2) is 18.5 Å². The second-order valence-electron chi connectivity index (χ2n) is 5.82. The zero-order valence-corrected chi connectivity index (χ0v) is 13.1. The molecule has 1 aliphatic carbocycles. The number of nitrogens with zero attached hydrogens (tertiary/aromatic N) is 1. The van der Waals surface area contributed by atoms with E-state index in [1.165, 1.54) is 24.0 Å². The van der Waals surface area contributed by atoms with Crippen molar-refractivity contribution in [2.75, 3.05) is 13.2 Å². The Morgan fingerprint density at radius 2 is 2.10 bits per heavy atom. The lowest BCUT2D eigenvalue weighted by molar-refractivity contribution is -0.0628. The van der Waals surface area contributed by atoms with E-state index >= 15 is 0 Å². The van der Waals surface area contributed by atoms with Crippen molar-refractivity contribution in [3.63, 3.8) is 0 Å². The number of pyridine rings is 1. The zero-order chi connectivity index (χ0) is 14.4. The summed E-state index contributed by atoms with van der Waals surface area (Å²) in [6, 6.07) is 2.36. The fraction of sp³-hybridized carbons (Fsp3) is 0.706. The van der Waals surface area contributed by atoms with E-state index in [1.54, 1.807) is 0 Å². The second-order valence-corrected chi connectivity index (χ2v) is 5.82. The summed E-state index contributed by atoms with van der Waals surface area (Å²) < 4.78 is 6.27. The summed E-state index contributed by atoms with van der Waals surface area (Å²) in [6.07, 6.45) is 9.86. The van der Waals surface area contributed by atoms with Gasteiger partial charge < -0.3 is 10.1 Å². The van der Waals surface area contributed by atoms with Crippen molar-refractivity contribution in [1.82, 2.24) is 10.3 Å². The molecule has 1 atom stereocenters. The van der Waals surface area contributed by atoms with Gasteiger partial charge in [0.15, 0.2) is 0 Å². The van der Waals surface area contributed by atoms with Crippen LogP contribution in [0.1, 0.15) is 63.1 Å². The van der Waals surface area contributed by atoms with Crippen LogP contribution in [0.25, 0.3) is 0 Å². The maximum absolute atomic E-state index is 6.27. The van der Waals surface area contributed by atoms with E-state index in [0.717, 1.165) is 32.4 Å². The van der Waals surface area contributed by atoms with Crippen molar-refractivity contribution in [2.45, 2.75) is 64.5 Å². The molecule has 0 bridgehead atoms. The van der Waals surface area contributed by atoms with Gasteiger partial charge in [-0.2, -0.15) is 0 Å². The molecule has 1 unspecified atom stereocenters. The Morgan fingerprint density at radius 3 is 2.70 bits per heavy atom. The number of hydrogen-bond donors (Lipinski definition) is 1. The van der Waals surface area contributed by atoms with Gasteiger partial charge in [-0.05, 0) is 56.8 Å². The summed E-state index contributed by atoms with van der Waals surface area (Å²) in [6.45, 7) is 8.29. The van der Waals surface area contributed by atoms with E-state index in [9.17, 15) is 0 Å². The van der Waals surface area contributed by atoms with Gasteiger partial charge in [-0.1, -0.05) is 19.8 Å². The highest BCUT2D eigenvalue weighted by molar-refractivity contribution is 5.28. The highest BCUT2D eigenvalue weighted by atomic mass is 16.5. The number of aromatic nitrogens is 1. The molecule has 0 aliphatic heterocycles. The van der Waals surface area contributed by atoms with Crippen LogP contribution in [0.3, 0.4) is 0 Å². The smallest absolute Gasteiger partial charge is 0.0876 e. The van der Waals surface area contributed by atoms with Crippen LogP contribution >= 0.6 is 0 Å². The number of rotatable bonds is 7. The molecule has 0 spiro atoms. The maximum Gasteiger partial charge on any atom is 0.0876 e. The Hall–Kier alpha value is -0.930. The molecular formula is C17H28N2O. The molecule has 0 saturated heterocycles. The van der Waals surface area contributed by atoms with Gasteiger partial charge in [0.25, 0.3) is 0 Å². The first-order chi connectivity index (χ1) is 9.73. The summed E-state index contributed by atoms with van der Waals surface area (Å²) in [7, 11) is 0. The minimum Gasteiger partial charge on any atom is -0.373 e. The molecule has 1 aromatic heterocycles. The van der Waals surface area contributed by atoms with Gasteiger partial charge in [-0.25, -0.2) is 0 Å². The molecular weight excluding hydrogens is 248 g/mol. The van der Waals surface area contributed by atoms with E-state index in [0.29, 0.717) is 0 Å². The van der Waals surface area contributed by atoms with Crippen LogP contribution in [0.4, 0.5) is 0 Å². The van der Waals surface area contributed by atoms with Crippen LogP contribution in [0.5, 0.6) is 0 Å². The molecule has 0 amide bonds.